The van der Waals surface area contributed by atoms with Gasteiger partial charge in [-0.1, -0.05) is 32.9 Å². The van der Waals surface area contributed by atoms with Gasteiger partial charge in [0.1, 0.15) is 17.1 Å². The minimum absolute atomic E-state index is 0.0237. The highest BCUT2D eigenvalue weighted by Gasteiger charge is 2.25. The average molecular weight is 439 g/mol. The van der Waals surface area contributed by atoms with Crippen LogP contribution in [0.5, 0.6) is 0 Å². The fraction of sp³-hybridized carbons (Fsp3) is 0.417. The van der Waals surface area contributed by atoms with Gasteiger partial charge in [-0.3, -0.25) is 9.59 Å². The molecule has 1 N–H and O–H groups in total. The molecule has 0 spiro atoms. The van der Waals surface area contributed by atoms with Crippen LogP contribution in [-0.4, -0.2) is 32.2 Å². The number of para-hydroxylation sites is 1. The summed E-state index contributed by atoms with van der Waals surface area (Å²) < 4.78 is 8.47. The topological polar surface area (TPSA) is 95.2 Å². The normalized spacial score (nSPS) is 12.1. The van der Waals surface area contributed by atoms with E-state index < -0.39 is 17.3 Å². The summed E-state index contributed by atoms with van der Waals surface area (Å²) in [4.78, 5) is 41.5. The predicted molar refractivity (Wildman–Crippen MR) is 124 cm³/mol. The van der Waals surface area contributed by atoms with E-state index in [0.717, 1.165) is 12.0 Å². The second-order valence-electron chi connectivity index (χ2n) is 9.98. The van der Waals surface area contributed by atoms with Crippen LogP contribution in [0.3, 0.4) is 0 Å². The number of anilines is 1. The number of amides is 1. The summed E-state index contributed by atoms with van der Waals surface area (Å²) in [6.45, 7) is 11.9. The molecule has 0 radical (unpaired) electrons. The molecule has 0 aliphatic rings. The Hall–Kier alpha value is -3.42. The minimum atomic E-state index is -0.696. The van der Waals surface area contributed by atoms with Crippen LogP contribution in [0.4, 0.5) is 10.5 Å². The lowest BCUT2D eigenvalue weighted by Gasteiger charge is -2.21. The van der Waals surface area contributed by atoms with Crippen molar-refractivity contribution in [3.63, 3.8) is 0 Å². The highest BCUT2D eigenvalue weighted by atomic mass is 16.6. The molecule has 0 bridgehead atoms. The van der Waals surface area contributed by atoms with Gasteiger partial charge >= 0.3 is 6.09 Å². The number of hydrogen-bond acceptors (Lipinski definition) is 5. The van der Waals surface area contributed by atoms with Crippen molar-refractivity contribution in [3.05, 3.63) is 58.3 Å². The summed E-state index contributed by atoms with van der Waals surface area (Å²) in [5.74, 6) is 0.376. The molecule has 1 aromatic carbocycles. The first-order chi connectivity index (χ1) is 14.9. The Balaban J connectivity index is 2.18. The Morgan fingerprint density at radius 1 is 1.12 bits per heavy atom. The average Bonchev–Trinajstić information content (AvgIpc) is 3.02. The zero-order valence-corrected chi connectivity index (χ0v) is 19.4. The molecule has 0 aliphatic carbocycles. The second kappa shape index (κ2) is 8.61. The van der Waals surface area contributed by atoms with E-state index in [1.54, 1.807) is 33.0 Å². The molecular formula is C24H30N4O4. The van der Waals surface area contributed by atoms with E-state index in [1.807, 2.05) is 18.2 Å². The predicted octanol–water partition coefficient (Wildman–Crippen LogP) is 4.19. The van der Waals surface area contributed by atoms with Crippen LogP contribution in [0.25, 0.3) is 11.0 Å². The summed E-state index contributed by atoms with van der Waals surface area (Å²) in [6, 6.07) is 8.90. The summed E-state index contributed by atoms with van der Waals surface area (Å²) in [5, 5.41) is 2.40. The summed E-state index contributed by atoms with van der Waals surface area (Å²) in [5.41, 5.74) is 1.44. The van der Waals surface area contributed by atoms with Gasteiger partial charge in [-0.2, -0.15) is 0 Å². The number of ether oxygens (including phenoxy) is 1. The highest BCUT2D eigenvalue weighted by Crippen LogP contribution is 2.28. The number of aromatic nitrogens is 3. The third kappa shape index (κ3) is 5.25. The van der Waals surface area contributed by atoms with E-state index in [-0.39, 0.29) is 17.6 Å². The number of pyridine rings is 1. The van der Waals surface area contributed by atoms with Crippen LogP contribution in [0, 0.1) is 5.41 Å². The Labute approximate surface area is 187 Å². The Morgan fingerprint density at radius 3 is 2.47 bits per heavy atom. The molecular weight excluding hydrogens is 408 g/mol. The molecule has 32 heavy (non-hydrogen) atoms. The van der Waals surface area contributed by atoms with Crippen molar-refractivity contribution in [2.75, 3.05) is 5.32 Å². The molecule has 2 aromatic heterocycles. The van der Waals surface area contributed by atoms with Crippen molar-refractivity contribution in [3.8, 4) is 0 Å². The van der Waals surface area contributed by atoms with Gasteiger partial charge in [-0.05, 0) is 56.4 Å². The lowest BCUT2D eigenvalue weighted by atomic mass is 9.88. The van der Waals surface area contributed by atoms with Gasteiger partial charge in [0, 0.05) is 6.20 Å². The van der Waals surface area contributed by atoms with Gasteiger partial charge in [0.15, 0.2) is 0 Å². The first-order valence-corrected chi connectivity index (χ1v) is 10.5. The quantitative estimate of drug-likeness (QED) is 0.603. The zero-order chi connectivity index (χ0) is 23.7. The number of imidazole rings is 1. The molecule has 8 heteroatoms. The van der Waals surface area contributed by atoms with E-state index in [4.69, 9.17) is 9.72 Å². The Kier molecular flexibility index (Phi) is 6.25. The number of carbonyl (C=O) groups excluding carboxylic acids is 2. The minimum Gasteiger partial charge on any atom is -0.443 e. The molecule has 1 amide bonds. The molecule has 3 rings (SSSR count). The van der Waals surface area contributed by atoms with Gasteiger partial charge in [-0.15, -0.1) is 0 Å². The number of rotatable bonds is 5. The molecule has 0 saturated heterocycles. The molecule has 2 heterocycles. The highest BCUT2D eigenvalue weighted by molar-refractivity contribution is 5.89. The molecule has 170 valence electrons. The fourth-order valence-corrected chi connectivity index (χ4v) is 3.52. The van der Waals surface area contributed by atoms with Crippen molar-refractivity contribution in [2.45, 2.75) is 60.1 Å². The van der Waals surface area contributed by atoms with E-state index in [2.05, 4.69) is 26.1 Å². The largest absolute Gasteiger partial charge is 0.443 e. The van der Waals surface area contributed by atoms with Crippen molar-refractivity contribution < 1.29 is 14.3 Å². The summed E-state index contributed by atoms with van der Waals surface area (Å²) >= 11 is 0. The van der Waals surface area contributed by atoms with Crippen LogP contribution in [0.15, 0.2) is 41.3 Å². The summed E-state index contributed by atoms with van der Waals surface area (Å²) in [6.07, 6.45) is 2.26. The van der Waals surface area contributed by atoms with Crippen molar-refractivity contribution in [2.24, 2.45) is 5.41 Å². The molecule has 0 atom stereocenters. The molecule has 0 aliphatic heterocycles. The summed E-state index contributed by atoms with van der Waals surface area (Å²) in [7, 11) is 0. The number of nitrogens with one attached hydrogen (secondary N) is 1. The SMILES string of the molecule is CC(C)(C)Cc1cccc2c1nc(Cn1cccc(NC=O)c1=O)n2C(=O)OC(C)(C)C. The van der Waals surface area contributed by atoms with Crippen molar-refractivity contribution in [1.82, 2.24) is 14.1 Å². The molecule has 0 saturated carbocycles. The van der Waals surface area contributed by atoms with Crippen LogP contribution in [-0.2, 0) is 22.5 Å². The first-order valence-electron chi connectivity index (χ1n) is 10.5. The monoisotopic (exact) mass is 438 g/mol. The fourth-order valence-electron chi connectivity index (χ4n) is 3.52. The number of fused-ring (bicyclic) bond motifs is 1. The van der Waals surface area contributed by atoms with Crippen LogP contribution in [0.2, 0.25) is 0 Å². The lowest BCUT2D eigenvalue weighted by Crippen LogP contribution is -2.30. The lowest BCUT2D eigenvalue weighted by molar-refractivity contribution is -0.105. The van der Waals surface area contributed by atoms with E-state index in [0.29, 0.717) is 23.3 Å². The number of benzene rings is 1. The maximum Gasteiger partial charge on any atom is 0.420 e. The van der Waals surface area contributed by atoms with E-state index in [9.17, 15) is 14.4 Å². The van der Waals surface area contributed by atoms with Crippen molar-refractivity contribution >= 4 is 29.2 Å². The van der Waals surface area contributed by atoms with Gasteiger partial charge in [0.2, 0.25) is 6.41 Å². The molecule has 0 fully saturated rings. The standard InChI is InChI=1S/C24H30N4O4/c1-23(2,3)13-16-9-7-11-18-20(16)26-19(28(18)22(31)32-24(4,5)6)14-27-12-8-10-17(21(27)30)25-15-29/h7-12,15H,13-14H2,1-6H3,(H,25,29). The third-order valence-electron chi connectivity index (χ3n) is 4.68. The zero-order valence-electron chi connectivity index (χ0n) is 19.4. The van der Waals surface area contributed by atoms with Crippen LogP contribution >= 0.6 is 0 Å². The van der Waals surface area contributed by atoms with E-state index in [1.165, 1.54) is 15.2 Å². The van der Waals surface area contributed by atoms with Crippen LogP contribution < -0.4 is 10.9 Å². The van der Waals surface area contributed by atoms with Gasteiger partial charge < -0.3 is 14.6 Å². The number of hydrogen-bond donors (Lipinski definition) is 1. The van der Waals surface area contributed by atoms with E-state index >= 15 is 0 Å². The maximum absolute atomic E-state index is 13.2. The number of nitrogens with zero attached hydrogens (tertiary/aromatic N) is 3. The van der Waals surface area contributed by atoms with Gasteiger partial charge in [0.05, 0.1) is 17.6 Å². The Morgan fingerprint density at radius 2 is 1.84 bits per heavy atom. The smallest absolute Gasteiger partial charge is 0.420 e. The van der Waals surface area contributed by atoms with Gasteiger partial charge in [0.25, 0.3) is 5.56 Å². The second-order valence-corrected chi connectivity index (χ2v) is 9.98. The van der Waals surface area contributed by atoms with Gasteiger partial charge in [-0.25, -0.2) is 14.3 Å². The first kappa shape index (κ1) is 23.2. The molecule has 0 unspecified atom stereocenters. The molecule has 8 nitrogen and oxygen atoms in total. The molecule has 3 aromatic rings. The third-order valence-corrected chi connectivity index (χ3v) is 4.68. The Bertz CT molecular complexity index is 1210. The maximum atomic E-state index is 13.2. The number of carbonyl (C=O) groups is 2. The van der Waals surface area contributed by atoms with Crippen molar-refractivity contribution in [1.29, 1.82) is 0 Å². The van der Waals surface area contributed by atoms with Crippen LogP contribution in [0.1, 0.15) is 52.9 Å².